The maximum absolute atomic E-state index is 5.74. The number of hydrogen-bond donors (Lipinski definition) is 0. The maximum Gasteiger partial charge on any atom is 0.0703 e. The Morgan fingerprint density at radius 2 is 1.93 bits per heavy atom. The van der Waals surface area contributed by atoms with Crippen molar-refractivity contribution in [3.63, 3.8) is 0 Å². The van der Waals surface area contributed by atoms with Crippen molar-refractivity contribution < 1.29 is 9.47 Å². The van der Waals surface area contributed by atoms with Crippen LogP contribution in [0, 0.1) is 17.3 Å². The molecule has 0 N–H and O–H groups in total. The van der Waals surface area contributed by atoms with Crippen molar-refractivity contribution >= 4 is 0 Å². The van der Waals surface area contributed by atoms with Crippen LogP contribution >= 0.6 is 0 Å². The van der Waals surface area contributed by atoms with Crippen LogP contribution in [0.3, 0.4) is 0 Å². The van der Waals surface area contributed by atoms with E-state index in [2.05, 4.69) is 20.8 Å². The molecule has 3 fully saturated rings. The van der Waals surface area contributed by atoms with E-state index in [1.807, 2.05) is 14.2 Å². The van der Waals surface area contributed by atoms with Gasteiger partial charge in [0, 0.05) is 19.6 Å². The topological polar surface area (TPSA) is 18.5 Å². The van der Waals surface area contributed by atoms with Crippen LogP contribution in [0.25, 0.3) is 0 Å². The first kappa shape index (κ1) is 11.4. The largest absolute Gasteiger partial charge is 0.380 e. The zero-order valence-corrected chi connectivity index (χ0v) is 10.7. The Hall–Kier alpha value is -0.0800. The van der Waals surface area contributed by atoms with Crippen molar-refractivity contribution in [2.75, 3.05) is 14.2 Å². The van der Waals surface area contributed by atoms with Crippen LogP contribution in [0.2, 0.25) is 0 Å². The molecule has 0 aromatic rings. The quantitative estimate of drug-likeness (QED) is 0.716. The van der Waals surface area contributed by atoms with Gasteiger partial charge in [0.15, 0.2) is 0 Å². The zero-order valence-electron chi connectivity index (χ0n) is 10.7. The van der Waals surface area contributed by atoms with Crippen molar-refractivity contribution in [2.24, 2.45) is 17.3 Å². The van der Waals surface area contributed by atoms with Gasteiger partial charge in [-0.05, 0) is 44.9 Å². The molecule has 3 rings (SSSR count). The predicted molar refractivity (Wildman–Crippen MR) is 60.8 cm³/mol. The summed E-state index contributed by atoms with van der Waals surface area (Å²) in [5.41, 5.74) is 0.220. The first-order valence-electron chi connectivity index (χ1n) is 6.06. The average Bonchev–Trinajstić information content (AvgIpc) is 2.17. The minimum atomic E-state index is -0.0513. The molecule has 0 aromatic carbocycles. The number of ether oxygens (including phenoxy) is 2. The van der Waals surface area contributed by atoms with Crippen molar-refractivity contribution in [3.05, 3.63) is 0 Å². The molecule has 2 bridgehead atoms. The average molecular weight is 212 g/mol. The van der Waals surface area contributed by atoms with Gasteiger partial charge < -0.3 is 9.47 Å². The SMILES string of the molecule is CO[C@H]1[C@H]2C[C@]1(C(C)(C)OC)CC[C@H]2C. The van der Waals surface area contributed by atoms with Crippen LogP contribution in [0.5, 0.6) is 0 Å². The van der Waals surface area contributed by atoms with Crippen LogP contribution in [0.15, 0.2) is 0 Å². The fraction of sp³-hybridized carbons (Fsp3) is 1.00. The van der Waals surface area contributed by atoms with Gasteiger partial charge in [0.1, 0.15) is 0 Å². The molecule has 0 radical (unpaired) electrons. The first-order chi connectivity index (χ1) is 6.98. The molecule has 3 saturated carbocycles. The predicted octanol–water partition coefficient (Wildman–Crippen LogP) is 2.86. The summed E-state index contributed by atoms with van der Waals surface area (Å²) >= 11 is 0. The molecule has 0 unspecified atom stereocenters. The molecule has 0 aliphatic heterocycles. The third-order valence-electron chi connectivity index (χ3n) is 5.27. The Morgan fingerprint density at radius 3 is 2.40 bits per heavy atom. The second-order valence-electron chi connectivity index (χ2n) is 5.91. The Balaban J connectivity index is 2.23. The highest BCUT2D eigenvalue weighted by Gasteiger charge is 2.65. The highest BCUT2D eigenvalue weighted by molar-refractivity contribution is 5.14. The van der Waals surface area contributed by atoms with Gasteiger partial charge in [0.2, 0.25) is 0 Å². The smallest absolute Gasteiger partial charge is 0.0703 e. The van der Waals surface area contributed by atoms with Crippen molar-refractivity contribution in [3.8, 4) is 0 Å². The van der Waals surface area contributed by atoms with Gasteiger partial charge in [0.25, 0.3) is 0 Å². The Morgan fingerprint density at radius 1 is 1.27 bits per heavy atom. The maximum atomic E-state index is 5.74. The molecule has 0 heterocycles. The van der Waals surface area contributed by atoms with Crippen LogP contribution < -0.4 is 0 Å². The van der Waals surface area contributed by atoms with Crippen LogP contribution in [0.1, 0.15) is 40.0 Å². The second-order valence-corrected chi connectivity index (χ2v) is 5.91. The molecule has 0 spiro atoms. The van der Waals surface area contributed by atoms with Gasteiger partial charge >= 0.3 is 0 Å². The minimum Gasteiger partial charge on any atom is -0.380 e. The summed E-state index contributed by atoms with van der Waals surface area (Å²) in [6.07, 6.45) is 4.28. The Labute approximate surface area is 93.3 Å². The highest BCUT2D eigenvalue weighted by Crippen LogP contribution is 2.64. The number of hydrogen-bond acceptors (Lipinski definition) is 2. The molecule has 88 valence electrons. The summed E-state index contributed by atoms with van der Waals surface area (Å²) in [6, 6.07) is 0. The minimum absolute atomic E-state index is 0.0513. The standard InChI is InChI=1S/C13H24O2/c1-9-6-7-13(12(2,3)15-5)8-10(9)11(13)14-4/h9-11H,6-8H2,1-5H3/t9-,10+,11+,13-/m1/s1. The van der Waals surface area contributed by atoms with Gasteiger partial charge in [-0.15, -0.1) is 0 Å². The van der Waals surface area contributed by atoms with E-state index in [-0.39, 0.29) is 11.0 Å². The normalized spacial score (nSPS) is 45.0. The molecule has 0 saturated heterocycles. The summed E-state index contributed by atoms with van der Waals surface area (Å²) in [4.78, 5) is 0. The molecule has 3 aliphatic rings. The highest BCUT2D eigenvalue weighted by atomic mass is 16.5. The van der Waals surface area contributed by atoms with E-state index in [0.717, 1.165) is 11.8 Å². The molecular formula is C13H24O2. The fourth-order valence-electron chi connectivity index (χ4n) is 3.83. The molecule has 2 heteroatoms. The van der Waals surface area contributed by atoms with E-state index >= 15 is 0 Å². The van der Waals surface area contributed by atoms with E-state index in [1.54, 1.807) is 0 Å². The van der Waals surface area contributed by atoms with Gasteiger partial charge in [-0.25, -0.2) is 0 Å². The van der Waals surface area contributed by atoms with E-state index in [1.165, 1.54) is 19.3 Å². The lowest BCUT2D eigenvalue weighted by Crippen LogP contribution is -2.68. The summed E-state index contributed by atoms with van der Waals surface area (Å²) in [5, 5.41) is 0. The van der Waals surface area contributed by atoms with Gasteiger partial charge in [-0.3, -0.25) is 0 Å². The van der Waals surface area contributed by atoms with E-state index in [9.17, 15) is 0 Å². The zero-order chi connectivity index (χ0) is 11.3. The van der Waals surface area contributed by atoms with Crippen LogP contribution in [-0.4, -0.2) is 25.9 Å². The monoisotopic (exact) mass is 212 g/mol. The molecule has 15 heavy (non-hydrogen) atoms. The number of methoxy groups -OCH3 is 2. The lowest BCUT2D eigenvalue weighted by atomic mass is 9.44. The molecule has 3 aliphatic carbocycles. The summed E-state index contributed by atoms with van der Waals surface area (Å²) < 4.78 is 11.4. The summed E-state index contributed by atoms with van der Waals surface area (Å²) in [7, 11) is 3.68. The molecule has 2 nitrogen and oxygen atoms in total. The van der Waals surface area contributed by atoms with Crippen LogP contribution in [-0.2, 0) is 9.47 Å². The van der Waals surface area contributed by atoms with E-state index in [4.69, 9.17) is 9.47 Å². The van der Waals surface area contributed by atoms with Crippen molar-refractivity contribution in [2.45, 2.75) is 51.7 Å². The molecule has 0 amide bonds. The third kappa shape index (κ3) is 1.31. The second kappa shape index (κ2) is 3.46. The van der Waals surface area contributed by atoms with Gasteiger partial charge in [-0.1, -0.05) is 6.92 Å². The number of rotatable bonds is 3. The van der Waals surface area contributed by atoms with Crippen molar-refractivity contribution in [1.82, 2.24) is 0 Å². The van der Waals surface area contributed by atoms with E-state index in [0.29, 0.717) is 6.10 Å². The Bertz CT molecular complexity index is 245. The summed E-state index contributed by atoms with van der Waals surface area (Å²) in [6.45, 7) is 6.79. The fourth-order valence-corrected chi connectivity index (χ4v) is 3.83. The number of fused-ring (bicyclic) bond motifs is 2. The van der Waals surface area contributed by atoms with Crippen LogP contribution in [0.4, 0.5) is 0 Å². The first-order valence-corrected chi connectivity index (χ1v) is 6.06. The lowest BCUT2D eigenvalue weighted by Gasteiger charge is -2.66. The molecule has 0 aromatic heterocycles. The van der Waals surface area contributed by atoms with Gasteiger partial charge in [0.05, 0.1) is 11.7 Å². The third-order valence-corrected chi connectivity index (χ3v) is 5.27. The Kier molecular flexibility index (Phi) is 2.63. The van der Waals surface area contributed by atoms with E-state index < -0.39 is 0 Å². The lowest BCUT2D eigenvalue weighted by molar-refractivity contribution is -0.268. The summed E-state index contributed by atoms with van der Waals surface area (Å²) in [5.74, 6) is 1.59. The van der Waals surface area contributed by atoms with Gasteiger partial charge in [-0.2, -0.15) is 0 Å². The van der Waals surface area contributed by atoms with Crippen molar-refractivity contribution in [1.29, 1.82) is 0 Å². The molecular weight excluding hydrogens is 188 g/mol. The molecule has 4 atom stereocenters.